The molecule has 0 atom stereocenters. The average molecular weight is 998 g/mol. The minimum atomic E-state index is -5.52. The Hall–Kier alpha value is -4.10. The van der Waals surface area contributed by atoms with Crippen molar-refractivity contribution in [3.05, 3.63) is 65.9 Å². The first-order chi connectivity index (χ1) is 27.4. The van der Waals surface area contributed by atoms with Gasteiger partial charge in [0.25, 0.3) is 40.5 Å². The maximum atomic E-state index is 14.0. The van der Waals surface area contributed by atoms with Crippen LogP contribution in [0.15, 0.2) is 95.4 Å². The van der Waals surface area contributed by atoms with Crippen LogP contribution in [0.3, 0.4) is 0 Å². The molecule has 322 valence electrons. The van der Waals surface area contributed by atoms with Crippen molar-refractivity contribution in [2.45, 2.75) is 24.5 Å². The third kappa shape index (κ3) is 12.5. The van der Waals surface area contributed by atoms with Gasteiger partial charge in [-0.25, -0.2) is 12.6 Å². The molecule has 0 saturated heterocycles. The maximum Gasteiger partial charge on any atom is 1.00 e. The molecular weight excluding hydrogens is 977 g/mol. The second-order valence-corrected chi connectivity index (χ2v) is 20.6. The van der Waals surface area contributed by atoms with Gasteiger partial charge in [-0.2, -0.15) is 57.0 Å². The van der Waals surface area contributed by atoms with Gasteiger partial charge >= 0.3 is 40.0 Å². The van der Waals surface area contributed by atoms with E-state index in [1.165, 1.54) is 12.1 Å². The van der Waals surface area contributed by atoms with Gasteiger partial charge in [0.1, 0.15) is 15.5 Å². The van der Waals surface area contributed by atoms with Crippen molar-refractivity contribution in [2.24, 2.45) is 10.2 Å². The molecule has 5 aromatic rings. The molecule has 1 aromatic heterocycles. The van der Waals surface area contributed by atoms with E-state index in [1.807, 2.05) is 0 Å². The fourth-order valence-electron chi connectivity index (χ4n) is 4.86. The molecule has 0 radical (unpaired) electrons. The van der Waals surface area contributed by atoms with Crippen LogP contribution in [0.4, 0.5) is 34.6 Å². The monoisotopic (exact) mass is 997 g/mol. The zero-order chi connectivity index (χ0) is 44.8. The fraction of sp³-hybridized carbons (Fsp3) is 0.0741. The zero-order valence-corrected chi connectivity index (χ0v) is 37.4. The van der Waals surface area contributed by atoms with E-state index in [-0.39, 0.29) is 40.1 Å². The second kappa shape index (κ2) is 17.9. The molecule has 0 saturated carbocycles. The quantitative estimate of drug-likeness (QED) is 0.0385. The van der Waals surface area contributed by atoms with Crippen LogP contribution < -0.4 is 45.3 Å². The Labute approximate surface area is 371 Å². The van der Waals surface area contributed by atoms with E-state index in [4.69, 9.17) is 16.2 Å². The number of azo groups is 1. The largest absolute Gasteiger partial charge is 1.00 e. The summed E-state index contributed by atoms with van der Waals surface area (Å²) >= 11 is 6.05. The number of aromatic nitrogens is 3. The zero-order valence-electron chi connectivity index (χ0n) is 29.7. The summed E-state index contributed by atoms with van der Waals surface area (Å²) in [5.74, 6) is -3.34. The Balaban J connectivity index is 0.00000819. The third-order valence-corrected chi connectivity index (χ3v) is 13.1. The molecular formula is C27H21ClN7NaO19S6. The SMILES string of the molecule is O=S(=O)(O)OCCS(=O)(=O)c1ccc(Nc2nc(Cl)nc(Nc3cc(S(=O)(=O)O)cc4cc(S(=O)(=O)O)c(N=Nc5cc(S(=O)(=O)O)ccc5S(=O)(=O)O)c([O-])c34)n2)cc1.[Na+]. The van der Waals surface area contributed by atoms with E-state index in [0.29, 0.717) is 36.4 Å². The summed E-state index contributed by atoms with van der Waals surface area (Å²) in [6.45, 7) is -0.893. The molecule has 7 N–H and O–H groups in total. The van der Waals surface area contributed by atoms with Crippen molar-refractivity contribution in [2.75, 3.05) is 23.0 Å². The van der Waals surface area contributed by atoms with Crippen LogP contribution in [0, 0.1) is 0 Å². The molecule has 1 heterocycles. The van der Waals surface area contributed by atoms with Crippen LogP contribution in [0.1, 0.15) is 0 Å². The molecule has 0 bridgehead atoms. The van der Waals surface area contributed by atoms with Crippen molar-refractivity contribution in [3.8, 4) is 5.75 Å². The van der Waals surface area contributed by atoms with Gasteiger partial charge in [-0.3, -0.25) is 22.8 Å². The number of nitrogens with one attached hydrogen (secondary N) is 2. The first-order valence-electron chi connectivity index (χ1n) is 15.1. The summed E-state index contributed by atoms with van der Waals surface area (Å²) in [6.07, 6.45) is 0. The number of hydrogen-bond acceptors (Lipinski definition) is 21. The van der Waals surface area contributed by atoms with Gasteiger partial charge in [-0.15, -0.1) is 10.2 Å². The van der Waals surface area contributed by atoms with Gasteiger partial charge in [0.05, 0.1) is 32.7 Å². The van der Waals surface area contributed by atoms with Crippen LogP contribution >= 0.6 is 11.6 Å². The molecule has 4 aromatic carbocycles. The maximum absolute atomic E-state index is 14.0. The van der Waals surface area contributed by atoms with Gasteiger partial charge in [0.2, 0.25) is 17.2 Å². The van der Waals surface area contributed by atoms with E-state index in [0.717, 1.165) is 12.1 Å². The summed E-state index contributed by atoms with van der Waals surface area (Å²) in [7, 11) is -30.0. The predicted octanol–water partition coefficient (Wildman–Crippen LogP) is -0.762. The Morgan fingerprint density at radius 3 is 1.74 bits per heavy atom. The summed E-state index contributed by atoms with van der Waals surface area (Å²) in [6, 6.07) is 7.65. The van der Waals surface area contributed by atoms with Crippen molar-refractivity contribution < 1.29 is 112 Å². The standard InChI is InChI=1S/C27H22ClN7O19S6.Na/c28-25-31-26(29-14-1-3-15(4-2-14)55(37,38)8-7-54-60(51,52)53)33-27(32-25)30-19-12-17(57(42,43)44)9-13-10-21(59(48,49)50)23(24(36)22(13)19)35-34-18-11-16(56(39,40)41)5-6-20(18)58(45,46)47;/h1-6,9-12,36H,7-8H2,(H,39,40,41)(H,42,43,44)(H,45,46,47)(H,48,49,50)(H,51,52,53)(H2,29,30,31,32,33);/q;+1/p-1. The van der Waals surface area contributed by atoms with E-state index in [2.05, 4.69) is 40.0 Å². The predicted molar refractivity (Wildman–Crippen MR) is 201 cm³/mol. The minimum Gasteiger partial charge on any atom is -0.870 e. The minimum absolute atomic E-state index is 0. The number of halogens is 1. The number of hydrogen-bond donors (Lipinski definition) is 7. The van der Waals surface area contributed by atoms with Crippen molar-refractivity contribution in [3.63, 3.8) is 0 Å². The Morgan fingerprint density at radius 1 is 0.639 bits per heavy atom. The summed E-state index contributed by atoms with van der Waals surface area (Å²) < 4.78 is 195. The average Bonchev–Trinajstić information content (AvgIpc) is 3.08. The Morgan fingerprint density at radius 2 is 1.20 bits per heavy atom. The van der Waals surface area contributed by atoms with E-state index >= 15 is 0 Å². The van der Waals surface area contributed by atoms with Gasteiger partial charge in [-0.1, -0.05) is 5.75 Å². The Bertz CT molecular complexity index is 3310. The number of benzene rings is 4. The number of nitrogens with zero attached hydrogens (tertiary/aromatic N) is 5. The second-order valence-electron chi connectivity index (χ2n) is 11.4. The summed E-state index contributed by atoms with van der Waals surface area (Å²) in [4.78, 5) is 6.84. The molecule has 26 nitrogen and oxygen atoms in total. The topological polar surface area (TPSA) is 426 Å². The normalized spacial score (nSPS) is 13.0. The number of anilines is 4. The van der Waals surface area contributed by atoms with Crippen molar-refractivity contribution >= 4 is 118 Å². The van der Waals surface area contributed by atoms with Crippen LogP contribution in [0.25, 0.3) is 10.8 Å². The Kier molecular flexibility index (Phi) is 14.6. The first-order valence-corrected chi connectivity index (χ1v) is 24.3. The third-order valence-electron chi connectivity index (χ3n) is 7.35. The van der Waals surface area contributed by atoms with Gasteiger partial charge < -0.3 is 15.7 Å². The first kappa shape index (κ1) is 49.6. The van der Waals surface area contributed by atoms with Crippen molar-refractivity contribution in [1.29, 1.82) is 0 Å². The van der Waals surface area contributed by atoms with Gasteiger partial charge in [-0.05, 0) is 83.0 Å². The smallest absolute Gasteiger partial charge is 0.870 e. The number of sulfone groups is 1. The summed E-state index contributed by atoms with van der Waals surface area (Å²) in [5, 5.41) is 24.0. The van der Waals surface area contributed by atoms with E-state index in [9.17, 15) is 73.8 Å². The van der Waals surface area contributed by atoms with Crippen molar-refractivity contribution in [1.82, 2.24) is 15.0 Å². The molecule has 0 aliphatic carbocycles. The van der Waals surface area contributed by atoms with Gasteiger partial charge in [0, 0.05) is 11.4 Å². The van der Waals surface area contributed by atoms with Gasteiger partial charge in [0.15, 0.2) is 9.84 Å². The number of fused-ring (bicyclic) bond motifs is 1. The van der Waals surface area contributed by atoms with Crippen LogP contribution in [-0.2, 0) is 64.9 Å². The molecule has 0 unspecified atom stereocenters. The molecule has 34 heteroatoms. The molecule has 61 heavy (non-hydrogen) atoms. The molecule has 0 spiro atoms. The number of rotatable bonds is 15. The fourth-order valence-corrected chi connectivity index (χ4v) is 8.81. The van der Waals surface area contributed by atoms with Crippen LogP contribution in [-0.4, -0.2) is 101 Å². The molecule has 5 rings (SSSR count). The van der Waals surface area contributed by atoms with E-state index < -0.39 is 143 Å². The molecule has 0 aliphatic rings. The molecule has 0 aliphatic heterocycles. The molecule has 0 fully saturated rings. The van der Waals surface area contributed by atoms with E-state index in [1.54, 1.807) is 0 Å². The molecule has 0 amide bonds. The van der Waals surface area contributed by atoms with Crippen LogP contribution in [0.5, 0.6) is 5.75 Å². The van der Waals surface area contributed by atoms with Crippen LogP contribution in [0.2, 0.25) is 5.28 Å². The summed E-state index contributed by atoms with van der Waals surface area (Å²) in [5.41, 5.74) is -2.94.